The van der Waals surface area contributed by atoms with Crippen molar-refractivity contribution in [2.24, 2.45) is 18.9 Å². The van der Waals surface area contributed by atoms with Gasteiger partial charge in [0.15, 0.2) is 0 Å². The molecule has 150 valence electrons. The van der Waals surface area contributed by atoms with E-state index in [9.17, 15) is 9.59 Å². The van der Waals surface area contributed by atoms with Gasteiger partial charge < -0.3 is 24.4 Å². The lowest BCUT2D eigenvalue weighted by molar-refractivity contribution is -0.142. The van der Waals surface area contributed by atoms with Crippen molar-refractivity contribution in [3.8, 4) is 0 Å². The number of carbonyl (C=O) groups is 2. The van der Waals surface area contributed by atoms with Gasteiger partial charge in [-0.2, -0.15) is 0 Å². The van der Waals surface area contributed by atoms with Crippen molar-refractivity contribution in [2.45, 2.75) is 19.3 Å². The highest BCUT2D eigenvalue weighted by Crippen LogP contribution is 2.21. The van der Waals surface area contributed by atoms with E-state index >= 15 is 0 Å². The third-order valence-electron chi connectivity index (χ3n) is 5.56. The molecule has 1 aromatic heterocycles. The van der Waals surface area contributed by atoms with Gasteiger partial charge in [-0.05, 0) is 12.8 Å². The van der Waals surface area contributed by atoms with E-state index in [1.165, 1.54) is 0 Å². The fourth-order valence-electron chi connectivity index (χ4n) is 3.89. The van der Waals surface area contributed by atoms with Gasteiger partial charge in [-0.3, -0.25) is 9.59 Å². The third-order valence-corrected chi connectivity index (χ3v) is 5.56. The Morgan fingerprint density at radius 2 is 2.04 bits per heavy atom. The molecule has 2 atom stereocenters. The number of carbonyl (C=O) groups excluding carboxylic acids is 2. The van der Waals surface area contributed by atoms with Crippen LogP contribution in [-0.2, 0) is 27.8 Å². The lowest BCUT2D eigenvalue weighted by Gasteiger charge is -2.35. The van der Waals surface area contributed by atoms with Gasteiger partial charge in [-0.15, -0.1) is 0 Å². The summed E-state index contributed by atoms with van der Waals surface area (Å²) in [5, 5.41) is 3.29. The molecule has 0 unspecified atom stereocenters. The Balaban J connectivity index is 1.46. The summed E-state index contributed by atoms with van der Waals surface area (Å²) in [5.41, 5.74) is 0. The van der Waals surface area contributed by atoms with E-state index in [0.29, 0.717) is 52.4 Å². The zero-order chi connectivity index (χ0) is 19.2. The zero-order valence-corrected chi connectivity index (χ0v) is 16.4. The van der Waals surface area contributed by atoms with E-state index in [0.717, 1.165) is 18.7 Å². The highest BCUT2D eigenvalue weighted by Gasteiger charge is 2.34. The predicted molar refractivity (Wildman–Crippen MR) is 101 cm³/mol. The molecule has 0 aromatic carbocycles. The van der Waals surface area contributed by atoms with Crippen LogP contribution >= 0.6 is 0 Å². The minimum absolute atomic E-state index is 0.119. The fraction of sp³-hybridized carbons (Fsp3) is 0.737. The van der Waals surface area contributed by atoms with Gasteiger partial charge in [0, 0.05) is 65.6 Å². The third kappa shape index (κ3) is 5.07. The maximum absolute atomic E-state index is 12.8. The second-order valence-corrected chi connectivity index (χ2v) is 7.54. The van der Waals surface area contributed by atoms with Crippen molar-refractivity contribution in [1.82, 2.24) is 24.7 Å². The molecule has 2 aliphatic rings. The summed E-state index contributed by atoms with van der Waals surface area (Å²) in [6, 6.07) is 0. The molecule has 0 spiro atoms. The van der Waals surface area contributed by atoms with Crippen molar-refractivity contribution in [1.29, 1.82) is 0 Å². The molecule has 2 amide bonds. The molecule has 3 rings (SSSR count). The van der Waals surface area contributed by atoms with Crippen LogP contribution in [0.25, 0.3) is 0 Å². The van der Waals surface area contributed by atoms with Crippen LogP contribution in [0.2, 0.25) is 0 Å². The lowest BCUT2D eigenvalue weighted by Crippen LogP contribution is -2.51. The van der Waals surface area contributed by atoms with Gasteiger partial charge in [-0.1, -0.05) is 0 Å². The van der Waals surface area contributed by atoms with Crippen LogP contribution in [-0.4, -0.2) is 84.2 Å². The van der Waals surface area contributed by atoms with E-state index in [1.807, 2.05) is 29.8 Å². The second kappa shape index (κ2) is 9.32. The van der Waals surface area contributed by atoms with E-state index in [4.69, 9.17) is 4.74 Å². The fourth-order valence-corrected chi connectivity index (χ4v) is 3.89. The molecule has 0 saturated carbocycles. The average Bonchev–Trinajstić information content (AvgIpc) is 3.12. The smallest absolute Gasteiger partial charge is 0.227 e. The molecule has 8 heteroatoms. The number of morpholine rings is 1. The number of hydrogen-bond donors (Lipinski definition) is 1. The van der Waals surface area contributed by atoms with Gasteiger partial charge in [0.05, 0.1) is 25.0 Å². The number of imidazole rings is 1. The summed E-state index contributed by atoms with van der Waals surface area (Å²) < 4.78 is 7.33. The average molecular weight is 377 g/mol. The van der Waals surface area contributed by atoms with Gasteiger partial charge in [0.1, 0.15) is 5.82 Å². The zero-order valence-electron chi connectivity index (χ0n) is 16.4. The van der Waals surface area contributed by atoms with E-state index < -0.39 is 0 Å². The van der Waals surface area contributed by atoms with Crippen LogP contribution in [0.5, 0.6) is 0 Å². The molecule has 2 fully saturated rings. The number of ether oxygens (including phenoxy) is 1. The Morgan fingerprint density at radius 1 is 1.30 bits per heavy atom. The van der Waals surface area contributed by atoms with Crippen LogP contribution in [0, 0.1) is 11.8 Å². The van der Waals surface area contributed by atoms with Crippen molar-refractivity contribution in [3.05, 3.63) is 18.2 Å². The number of nitrogens with zero attached hydrogens (tertiary/aromatic N) is 4. The van der Waals surface area contributed by atoms with Crippen LogP contribution in [0.3, 0.4) is 0 Å². The summed E-state index contributed by atoms with van der Waals surface area (Å²) in [6.07, 6.45) is 6.09. The van der Waals surface area contributed by atoms with E-state index in [1.54, 1.807) is 11.1 Å². The predicted octanol–water partition coefficient (Wildman–Crippen LogP) is -0.104. The quantitative estimate of drug-likeness (QED) is 0.749. The second-order valence-electron chi connectivity index (χ2n) is 7.54. The first-order valence-electron chi connectivity index (χ1n) is 9.84. The maximum Gasteiger partial charge on any atom is 0.227 e. The Bertz CT molecular complexity index is 641. The number of hydrogen-bond acceptors (Lipinski definition) is 5. The van der Waals surface area contributed by atoms with Crippen LogP contribution in [0.15, 0.2) is 12.4 Å². The molecule has 2 saturated heterocycles. The van der Waals surface area contributed by atoms with Crippen LogP contribution < -0.4 is 5.32 Å². The minimum atomic E-state index is -0.132. The van der Waals surface area contributed by atoms with Crippen molar-refractivity contribution in [2.75, 3.05) is 53.0 Å². The number of aromatic nitrogens is 2. The SMILES string of the molecule is CN(CCCc1nccn1C)C(=O)[C@@H]1CNC[C@H](C(=O)N2CCOCC2)C1. The number of aryl methyl sites for hydroxylation is 2. The Kier molecular flexibility index (Phi) is 6.84. The normalized spacial score (nSPS) is 23.3. The van der Waals surface area contributed by atoms with Gasteiger partial charge in [-0.25, -0.2) is 4.98 Å². The topological polar surface area (TPSA) is 79.7 Å². The highest BCUT2D eigenvalue weighted by molar-refractivity contribution is 5.83. The molecule has 8 nitrogen and oxygen atoms in total. The highest BCUT2D eigenvalue weighted by atomic mass is 16.5. The Labute approximate surface area is 160 Å². The van der Waals surface area contributed by atoms with Crippen molar-refractivity contribution in [3.63, 3.8) is 0 Å². The molecule has 27 heavy (non-hydrogen) atoms. The standard InChI is InChI=1S/C19H31N5O3/c1-22-7-5-21-17(22)4-3-6-23(2)18(25)15-12-16(14-20-13-15)19(26)24-8-10-27-11-9-24/h5,7,15-16,20H,3-4,6,8-14H2,1-2H3/t15-,16+/m0/s1. The summed E-state index contributed by atoms with van der Waals surface area (Å²) in [4.78, 5) is 33.5. The molecular formula is C19H31N5O3. The molecule has 1 N–H and O–H groups in total. The first-order chi connectivity index (χ1) is 13.1. The summed E-state index contributed by atoms with van der Waals surface area (Å²) in [6.45, 7) is 4.52. The first-order valence-corrected chi connectivity index (χ1v) is 9.84. The number of rotatable bonds is 6. The lowest BCUT2D eigenvalue weighted by atomic mass is 9.88. The van der Waals surface area contributed by atoms with Crippen LogP contribution in [0.1, 0.15) is 18.7 Å². The van der Waals surface area contributed by atoms with Gasteiger partial charge in [0.2, 0.25) is 11.8 Å². The number of piperidine rings is 1. The molecule has 1 aromatic rings. The minimum Gasteiger partial charge on any atom is -0.378 e. The molecule has 0 radical (unpaired) electrons. The summed E-state index contributed by atoms with van der Waals surface area (Å²) in [7, 11) is 3.84. The maximum atomic E-state index is 12.8. The molecule has 2 aliphatic heterocycles. The molecule has 3 heterocycles. The van der Waals surface area contributed by atoms with Crippen molar-refractivity contribution >= 4 is 11.8 Å². The monoisotopic (exact) mass is 377 g/mol. The first kappa shape index (κ1) is 19.8. The van der Waals surface area contributed by atoms with Gasteiger partial charge in [0.25, 0.3) is 0 Å². The van der Waals surface area contributed by atoms with E-state index in [-0.39, 0.29) is 23.7 Å². The van der Waals surface area contributed by atoms with Gasteiger partial charge >= 0.3 is 0 Å². The number of nitrogens with one attached hydrogen (secondary N) is 1. The number of amides is 2. The Morgan fingerprint density at radius 3 is 2.74 bits per heavy atom. The van der Waals surface area contributed by atoms with E-state index in [2.05, 4.69) is 10.3 Å². The molecule has 0 bridgehead atoms. The Hall–Kier alpha value is -1.93. The summed E-state index contributed by atoms with van der Waals surface area (Å²) in [5.74, 6) is 1.06. The molecule has 0 aliphatic carbocycles. The largest absolute Gasteiger partial charge is 0.378 e. The van der Waals surface area contributed by atoms with Crippen molar-refractivity contribution < 1.29 is 14.3 Å². The molecular weight excluding hydrogens is 346 g/mol. The summed E-state index contributed by atoms with van der Waals surface area (Å²) >= 11 is 0. The van der Waals surface area contributed by atoms with Crippen LogP contribution in [0.4, 0.5) is 0 Å².